The van der Waals surface area contributed by atoms with Gasteiger partial charge in [0.15, 0.2) is 0 Å². The molecule has 0 aliphatic rings. The lowest BCUT2D eigenvalue weighted by Gasteiger charge is -2.13. The summed E-state index contributed by atoms with van der Waals surface area (Å²) in [7, 11) is 0. The number of aryl methyl sites for hydroxylation is 4. The predicted molar refractivity (Wildman–Crippen MR) is 103 cm³/mol. The summed E-state index contributed by atoms with van der Waals surface area (Å²) in [6, 6.07) is 5.84. The molecule has 0 fully saturated rings. The number of hydrogen-bond donors (Lipinski definition) is 2. The molecule has 1 heterocycles. The van der Waals surface area contributed by atoms with Gasteiger partial charge in [0.2, 0.25) is 5.95 Å². The van der Waals surface area contributed by atoms with Crippen molar-refractivity contribution in [3.63, 3.8) is 0 Å². The zero-order chi connectivity index (χ0) is 18.4. The Balaban J connectivity index is 2.15. The molecule has 0 radical (unpaired) electrons. The summed E-state index contributed by atoms with van der Waals surface area (Å²) < 4.78 is 0. The number of nitrogens with zero attached hydrogens (tertiary/aromatic N) is 2. The minimum absolute atomic E-state index is 0.211. The van der Waals surface area contributed by atoms with Crippen LogP contribution < -0.4 is 10.6 Å². The Kier molecular flexibility index (Phi) is 6.51. The van der Waals surface area contributed by atoms with Crippen molar-refractivity contribution in [2.24, 2.45) is 0 Å². The van der Waals surface area contributed by atoms with E-state index < -0.39 is 0 Å². The van der Waals surface area contributed by atoms with Crippen molar-refractivity contribution in [3.8, 4) is 0 Å². The fourth-order valence-corrected chi connectivity index (χ4v) is 2.89. The Labute approximate surface area is 150 Å². The Morgan fingerprint density at radius 1 is 1.00 bits per heavy atom. The first-order valence-corrected chi connectivity index (χ1v) is 8.89. The fourth-order valence-electron chi connectivity index (χ4n) is 2.89. The molecular formula is C20H28N4O. The van der Waals surface area contributed by atoms with Gasteiger partial charge in [-0.1, -0.05) is 37.5 Å². The van der Waals surface area contributed by atoms with E-state index in [1.54, 1.807) is 6.07 Å². The van der Waals surface area contributed by atoms with E-state index in [0.717, 1.165) is 41.9 Å². The summed E-state index contributed by atoms with van der Waals surface area (Å²) in [5.74, 6) is 0.302. The van der Waals surface area contributed by atoms with Crippen LogP contribution >= 0.6 is 0 Å². The van der Waals surface area contributed by atoms with E-state index >= 15 is 0 Å². The lowest BCUT2D eigenvalue weighted by atomic mass is 10.0. The van der Waals surface area contributed by atoms with Gasteiger partial charge in [-0.2, -0.15) is 0 Å². The highest BCUT2D eigenvalue weighted by Crippen LogP contribution is 2.22. The van der Waals surface area contributed by atoms with Crippen molar-refractivity contribution in [3.05, 3.63) is 46.3 Å². The van der Waals surface area contributed by atoms with E-state index in [-0.39, 0.29) is 5.91 Å². The van der Waals surface area contributed by atoms with Gasteiger partial charge in [-0.15, -0.1) is 0 Å². The molecule has 5 heteroatoms. The zero-order valence-electron chi connectivity index (χ0n) is 15.9. The van der Waals surface area contributed by atoms with Crippen molar-refractivity contribution in [1.82, 2.24) is 9.97 Å². The number of carbonyl (C=O) groups is 1. The number of amides is 1. The zero-order valence-corrected chi connectivity index (χ0v) is 15.9. The molecule has 0 saturated heterocycles. The Hall–Kier alpha value is -2.43. The van der Waals surface area contributed by atoms with E-state index in [1.807, 2.05) is 20.8 Å². The second-order valence-electron chi connectivity index (χ2n) is 6.58. The minimum atomic E-state index is -0.211. The SMILES string of the molecule is CCCCCNc1nc(C)cc(C(=O)Nc2c(C)cc(C)cc2C)n1. The first kappa shape index (κ1) is 18.9. The van der Waals surface area contributed by atoms with Crippen LogP contribution in [0.15, 0.2) is 18.2 Å². The van der Waals surface area contributed by atoms with Crippen molar-refractivity contribution < 1.29 is 4.79 Å². The quantitative estimate of drug-likeness (QED) is 0.725. The van der Waals surface area contributed by atoms with E-state index in [0.29, 0.717) is 11.6 Å². The minimum Gasteiger partial charge on any atom is -0.354 e. The molecule has 1 aromatic carbocycles. The van der Waals surface area contributed by atoms with Gasteiger partial charge >= 0.3 is 0 Å². The monoisotopic (exact) mass is 340 g/mol. The molecule has 0 atom stereocenters. The van der Waals surface area contributed by atoms with Gasteiger partial charge in [0.25, 0.3) is 5.91 Å². The summed E-state index contributed by atoms with van der Waals surface area (Å²) >= 11 is 0. The first-order valence-electron chi connectivity index (χ1n) is 8.89. The highest BCUT2D eigenvalue weighted by Gasteiger charge is 2.13. The second kappa shape index (κ2) is 8.60. The fraction of sp³-hybridized carbons (Fsp3) is 0.450. The number of benzene rings is 1. The third-order valence-corrected chi connectivity index (χ3v) is 4.07. The second-order valence-corrected chi connectivity index (χ2v) is 6.58. The molecule has 1 amide bonds. The molecule has 0 aliphatic carbocycles. The van der Waals surface area contributed by atoms with Crippen LogP contribution in [0, 0.1) is 27.7 Å². The summed E-state index contributed by atoms with van der Waals surface area (Å²) in [6.45, 7) is 10.9. The first-order chi connectivity index (χ1) is 11.9. The third kappa shape index (κ3) is 5.28. The Morgan fingerprint density at radius 2 is 1.68 bits per heavy atom. The molecule has 1 aromatic heterocycles. The molecule has 2 aromatic rings. The van der Waals surface area contributed by atoms with Crippen LogP contribution in [-0.2, 0) is 0 Å². The van der Waals surface area contributed by atoms with E-state index in [1.165, 1.54) is 12.0 Å². The summed E-state index contributed by atoms with van der Waals surface area (Å²) in [6.07, 6.45) is 3.40. The number of hydrogen-bond acceptors (Lipinski definition) is 4. The molecular weight excluding hydrogens is 312 g/mol. The average molecular weight is 340 g/mol. The lowest BCUT2D eigenvalue weighted by Crippen LogP contribution is -2.17. The van der Waals surface area contributed by atoms with Gasteiger partial charge in [-0.3, -0.25) is 4.79 Å². The highest BCUT2D eigenvalue weighted by molar-refractivity contribution is 6.04. The standard InChI is InChI=1S/C20H28N4O/c1-6-7-8-9-21-20-22-16(5)12-17(23-20)19(25)24-18-14(3)10-13(2)11-15(18)4/h10-12H,6-9H2,1-5H3,(H,24,25)(H,21,22,23). The normalized spacial score (nSPS) is 10.6. The van der Waals surface area contributed by atoms with Crippen LogP contribution in [0.4, 0.5) is 11.6 Å². The van der Waals surface area contributed by atoms with Crippen molar-refractivity contribution in [2.75, 3.05) is 17.2 Å². The molecule has 2 N–H and O–H groups in total. The topological polar surface area (TPSA) is 66.9 Å². The number of aromatic nitrogens is 2. The van der Waals surface area contributed by atoms with Gasteiger partial charge in [0.1, 0.15) is 5.69 Å². The smallest absolute Gasteiger partial charge is 0.274 e. The maximum absolute atomic E-state index is 12.7. The Bertz CT molecular complexity index is 732. The van der Waals surface area contributed by atoms with Crippen LogP contribution in [-0.4, -0.2) is 22.4 Å². The summed E-state index contributed by atoms with van der Waals surface area (Å²) in [4.78, 5) is 21.4. The van der Waals surface area contributed by atoms with Crippen molar-refractivity contribution in [1.29, 1.82) is 0 Å². The van der Waals surface area contributed by atoms with Gasteiger partial charge in [-0.25, -0.2) is 9.97 Å². The number of unbranched alkanes of at least 4 members (excludes halogenated alkanes) is 2. The van der Waals surface area contributed by atoms with Gasteiger partial charge < -0.3 is 10.6 Å². The van der Waals surface area contributed by atoms with Crippen LogP contribution in [0.1, 0.15) is 59.1 Å². The summed E-state index contributed by atoms with van der Waals surface area (Å²) in [5.41, 5.74) is 5.29. The molecule has 0 bridgehead atoms. The molecule has 134 valence electrons. The molecule has 0 aliphatic heterocycles. The van der Waals surface area contributed by atoms with Crippen molar-refractivity contribution in [2.45, 2.75) is 53.9 Å². The van der Waals surface area contributed by atoms with Gasteiger partial charge in [0.05, 0.1) is 0 Å². The van der Waals surface area contributed by atoms with E-state index in [9.17, 15) is 4.79 Å². The summed E-state index contributed by atoms with van der Waals surface area (Å²) in [5, 5.41) is 6.20. The number of carbonyl (C=O) groups excluding carboxylic acids is 1. The van der Waals surface area contributed by atoms with Crippen LogP contribution in [0.5, 0.6) is 0 Å². The number of rotatable bonds is 7. The van der Waals surface area contributed by atoms with Crippen LogP contribution in [0.25, 0.3) is 0 Å². The van der Waals surface area contributed by atoms with Gasteiger partial charge in [0, 0.05) is 17.9 Å². The third-order valence-electron chi connectivity index (χ3n) is 4.07. The van der Waals surface area contributed by atoms with Crippen molar-refractivity contribution >= 4 is 17.5 Å². The van der Waals surface area contributed by atoms with Crippen LogP contribution in [0.2, 0.25) is 0 Å². The Morgan fingerprint density at radius 3 is 2.32 bits per heavy atom. The van der Waals surface area contributed by atoms with E-state index in [4.69, 9.17) is 0 Å². The van der Waals surface area contributed by atoms with Gasteiger partial charge in [-0.05, 0) is 51.3 Å². The predicted octanol–water partition coefficient (Wildman–Crippen LogP) is 4.56. The maximum atomic E-state index is 12.7. The average Bonchev–Trinajstić information content (AvgIpc) is 2.54. The molecule has 0 spiro atoms. The van der Waals surface area contributed by atoms with Crippen LogP contribution in [0.3, 0.4) is 0 Å². The molecule has 5 nitrogen and oxygen atoms in total. The lowest BCUT2D eigenvalue weighted by molar-refractivity contribution is 0.102. The molecule has 2 rings (SSSR count). The number of nitrogens with one attached hydrogen (secondary N) is 2. The largest absolute Gasteiger partial charge is 0.354 e. The molecule has 0 unspecified atom stereocenters. The highest BCUT2D eigenvalue weighted by atomic mass is 16.1. The maximum Gasteiger partial charge on any atom is 0.274 e. The molecule has 0 saturated carbocycles. The molecule has 25 heavy (non-hydrogen) atoms. The number of anilines is 2. The van der Waals surface area contributed by atoms with E-state index in [2.05, 4.69) is 46.6 Å².